The molecule has 1 saturated heterocycles. The second-order valence-electron chi connectivity index (χ2n) is 4.28. The van der Waals surface area contributed by atoms with Crippen LogP contribution in [0, 0.1) is 11.3 Å². The van der Waals surface area contributed by atoms with Crippen LogP contribution < -0.4 is 0 Å². The summed E-state index contributed by atoms with van der Waals surface area (Å²) in [5, 5.41) is 0. The van der Waals surface area contributed by atoms with Gasteiger partial charge in [-0.3, -0.25) is 0 Å². The summed E-state index contributed by atoms with van der Waals surface area (Å²) in [6.45, 7) is 1.85. The lowest BCUT2D eigenvalue weighted by molar-refractivity contribution is 0.124. The van der Waals surface area contributed by atoms with Crippen LogP contribution in [-0.4, -0.2) is 19.1 Å². The number of hydrogen-bond donors (Lipinski definition) is 0. The van der Waals surface area contributed by atoms with Gasteiger partial charge in [0.25, 0.3) is 0 Å². The third-order valence-electron chi connectivity index (χ3n) is 3.62. The van der Waals surface area contributed by atoms with Crippen molar-refractivity contribution in [1.82, 2.24) is 0 Å². The molecule has 12 heavy (non-hydrogen) atoms. The predicted octanol–water partition coefficient (Wildman–Crippen LogP) is 2.82. The van der Waals surface area contributed by atoms with Gasteiger partial charge in [-0.2, -0.15) is 0 Å². The summed E-state index contributed by atoms with van der Waals surface area (Å²) in [6, 6.07) is 0. The van der Waals surface area contributed by atoms with Crippen LogP contribution in [0.4, 0.5) is 0 Å². The van der Waals surface area contributed by atoms with Crippen molar-refractivity contribution in [1.29, 1.82) is 0 Å². The van der Waals surface area contributed by atoms with Gasteiger partial charge in [-0.05, 0) is 25.2 Å². The Hall–Kier alpha value is 0.250. The molecule has 0 amide bonds. The second-order valence-corrected chi connectivity index (χ2v) is 4.55. The first-order valence-corrected chi connectivity index (χ1v) is 5.54. The fourth-order valence-electron chi connectivity index (χ4n) is 2.70. The maximum Gasteiger partial charge on any atom is 0.0537 e. The fraction of sp³-hybridized carbons (Fsp3) is 1.00. The summed E-state index contributed by atoms with van der Waals surface area (Å²) < 4.78 is 5.48. The maximum atomic E-state index is 6.06. The third-order valence-corrected chi connectivity index (χ3v) is 4.15. The molecule has 0 aromatic rings. The Morgan fingerprint density at radius 2 is 2.08 bits per heavy atom. The molecule has 0 aromatic heterocycles. The van der Waals surface area contributed by atoms with Crippen LogP contribution >= 0.6 is 11.6 Å². The normalized spacial score (nSPS) is 37.8. The van der Waals surface area contributed by atoms with Crippen molar-refractivity contribution in [2.45, 2.75) is 32.1 Å². The minimum Gasteiger partial charge on any atom is -0.381 e. The van der Waals surface area contributed by atoms with Gasteiger partial charge < -0.3 is 4.74 Å². The molecule has 0 aromatic carbocycles. The Labute approximate surface area is 79.4 Å². The Morgan fingerprint density at radius 1 is 1.33 bits per heavy atom. The van der Waals surface area contributed by atoms with Crippen LogP contribution in [0.2, 0.25) is 0 Å². The highest BCUT2D eigenvalue weighted by Gasteiger charge is 2.42. The van der Waals surface area contributed by atoms with Gasteiger partial charge in [0, 0.05) is 17.9 Å². The monoisotopic (exact) mass is 188 g/mol. The molecular formula is C10H17ClO. The molecule has 1 heterocycles. The van der Waals surface area contributed by atoms with Crippen molar-refractivity contribution >= 4 is 11.6 Å². The lowest BCUT2D eigenvalue weighted by atomic mass is 9.75. The van der Waals surface area contributed by atoms with Gasteiger partial charge in [-0.1, -0.05) is 12.8 Å². The molecule has 1 aliphatic heterocycles. The average molecular weight is 189 g/mol. The van der Waals surface area contributed by atoms with Crippen LogP contribution in [0.5, 0.6) is 0 Å². The van der Waals surface area contributed by atoms with E-state index in [1.165, 1.54) is 32.1 Å². The molecule has 1 aliphatic carbocycles. The lowest BCUT2D eigenvalue weighted by Gasteiger charge is -2.31. The molecule has 70 valence electrons. The summed E-state index contributed by atoms with van der Waals surface area (Å²) in [5.41, 5.74) is 0.359. The predicted molar refractivity (Wildman–Crippen MR) is 50.5 cm³/mol. The summed E-state index contributed by atoms with van der Waals surface area (Å²) in [6.07, 6.45) is 6.78. The van der Waals surface area contributed by atoms with Gasteiger partial charge in [0.05, 0.1) is 6.61 Å². The first-order valence-electron chi connectivity index (χ1n) is 5.01. The zero-order chi connectivity index (χ0) is 8.44. The Bertz CT molecular complexity index is 146. The standard InChI is InChI=1S/C10H17ClO/c11-7-10(5-6-12-8-10)9-3-1-2-4-9/h9H,1-8H2. The minimum atomic E-state index is 0.359. The van der Waals surface area contributed by atoms with E-state index in [4.69, 9.17) is 16.3 Å². The third kappa shape index (κ3) is 1.38. The van der Waals surface area contributed by atoms with Gasteiger partial charge in [-0.25, -0.2) is 0 Å². The molecule has 2 heteroatoms. The first kappa shape index (κ1) is 8.83. The van der Waals surface area contributed by atoms with Crippen molar-refractivity contribution in [2.24, 2.45) is 11.3 Å². The van der Waals surface area contributed by atoms with Crippen molar-refractivity contribution in [3.8, 4) is 0 Å². The molecule has 2 aliphatic rings. The molecule has 1 atom stereocenters. The molecule has 0 N–H and O–H groups in total. The molecule has 0 spiro atoms. The van der Waals surface area contributed by atoms with Crippen LogP contribution in [0.3, 0.4) is 0 Å². The van der Waals surface area contributed by atoms with E-state index in [-0.39, 0.29) is 0 Å². The molecule has 2 fully saturated rings. The molecule has 0 bridgehead atoms. The number of halogens is 1. The number of alkyl halides is 1. The van der Waals surface area contributed by atoms with Crippen LogP contribution in [0.15, 0.2) is 0 Å². The second kappa shape index (κ2) is 3.55. The molecule has 1 saturated carbocycles. The van der Waals surface area contributed by atoms with Gasteiger partial charge in [0.15, 0.2) is 0 Å². The number of rotatable bonds is 2. The lowest BCUT2D eigenvalue weighted by Crippen LogP contribution is -2.31. The van der Waals surface area contributed by atoms with Gasteiger partial charge >= 0.3 is 0 Å². The van der Waals surface area contributed by atoms with E-state index >= 15 is 0 Å². The van der Waals surface area contributed by atoms with Crippen LogP contribution in [-0.2, 0) is 4.74 Å². The molecular weight excluding hydrogens is 172 g/mol. The van der Waals surface area contributed by atoms with E-state index in [2.05, 4.69) is 0 Å². The largest absolute Gasteiger partial charge is 0.381 e. The summed E-state index contributed by atoms with van der Waals surface area (Å²) in [4.78, 5) is 0. The Kier molecular flexibility index (Phi) is 2.61. The maximum absolute atomic E-state index is 6.06. The van der Waals surface area contributed by atoms with Gasteiger partial charge in [-0.15, -0.1) is 11.6 Å². The molecule has 2 rings (SSSR count). The van der Waals surface area contributed by atoms with Crippen molar-refractivity contribution in [2.75, 3.05) is 19.1 Å². The Balaban J connectivity index is 2.04. The summed E-state index contributed by atoms with van der Waals surface area (Å²) in [7, 11) is 0. The average Bonchev–Trinajstić information content (AvgIpc) is 2.76. The number of ether oxygens (including phenoxy) is 1. The van der Waals surface area contributed by atoms with Crippen molar-refractivity contribution in [3.63, 3.8) is 0 Å². The highest BCUT2D eigenvalue weighted by atomic mass is 35.5. The number of hydrogen-bond acceptors (Lipinski definition) is 1. The zero-order valence-electron chi connectivity index (χ0n) is 7.52. The van der Waals surface area contributed by atoms with Gasteiger partial charge in [0.2, 0.25) is 0 Å². The zero-order valence-corrected chi connectivity index (χ0v) is 8.28. The summed E-state index contributed by atoms with van der Waals surface area (Å²) >= 11 is 6.06. The molecule has 1 unspecified atom stereocenters. The van der Waals surface area contributed by atoms with E-state index in [9.17, 15) is 0 Å². The van der Waals surface area contributed by atoms with E-state index in [0.717, 1.165) is 25.0 Å². The van der Waals surface area contributed by atoms with E-state index in [1.807, 2.05) is 0 Å². The fourth-order valence-corrected chi connectivity index (χ4v) is 3.13. The molecule has 0 radical (unpaired) electrons. The summed E-state index contributed by atoms with van der Waals surface area (Å²) in [5.74, 6) is 1.66. The van der Waals surface area contributed by atoms with E-state index in [1.54, 1.807) is 0 Å². The molecule has 1 nitrogen and oxygen atoms in total. The smallest absolute Gasteiger partial charge is 0.0537 e. The van der Waals surface area contributed by atoms with Crippen LogP contribution in [0.1, 0.15) is 32.1 Å². The van der Waals surface area contributed by atoms with Crippen LogP contribution in [0.25, 0.3) is 0 Å². The minimum absolute atomic E-state index is 0.359. The highest BCUT2D eigenvalue weighted by Crippen LogP contribution is 2.45. The topological polar surface area (TPSA) is 9.23 Å². The highest BCUT2D eigenvalue weighted by molar-refractivity contribution is 6.18. The SMILES string of the molecule is ClCC1(C2CCCC2)CCOC1. The van der Waals surface area contributed by atoms with Crippen molar-refractivity contribution < 1.29 is 4.74 Å². The first-order chi connectivity index (χ1) is 5.87. The van der Waals surface area contributed by atoms with E-state index in [0.29, 0.717) is 5.41 Å². The van der Waals surface area contributed by atoms with Crippen molar-refractivity contribution in [3.05, 3.63) is 0 Å². The van der Waals surface area contributed by atoms with E-state index < -0.39 is 0 Å². The quantitative estimate of drug-likeness (QED) is 0.606. The Morgan fingerprint density at radius 3 is 2.58 bits per heavy atom. The van der Waals surface area contributed by atoms with Gasteiger partial charge in [0.1, 0.15) is 0 Å².